The molecule has 0 bridgehead atoms. The molecule has 0 aliphatic carbocycles. The summed E-state index contributed by atoms with van der Waals surface area (Å²) in [6.07, 6.45) is -0.820. The summed E-state index contributed by atoms with van der Waals surface area (Å²) in [6.45, 7) is 7.63. The van der Waals surface area contributed by atoms with Crippen molar-refractivity contribution in [3.63, 3.8) is 0 Å². The first-order valence-electron chi connectivity index (χ1n) is 8.63. The molecule has 0 aromatic carbocycles. The van der Waals surface area contributed by atoms with Crippen LogP contribution >= 0.6 is 11.3 Å². The van der Waals surface area contributed by atoms with Crippen molar-refractivity contribution < 1.29 is 17.9 Å². The van der Waals surface area contributed by atoms with E-state index in [1.165, 1.54) is 6.33 Å². The second-order valence-corrected chi connectivity index (χ2v) is 7.52. The molecule has 0 saturated carbocycles. The van der Waals surface area contributed by atoms with E-state index in [0.29, 0.717) is 23.7 Å². The summed E-state index contributed by atoms with van der Waals surface area (Å²) in [7, 11) is 0. The molecule has 10 heteroatoms. The molecule has 2 aromatic rings. The number of nitrogens with zero attached hydrogens (tertiary/aromatic N) is 4. The zero-order valence-corrected chi connectivity index (χ0v) is 15.5. The van der Waals surface area contributed by atoms with E-state index in [-0.39, 0.29) is 22.6 Å². The lowest BCUT2D eigenvalue weighted by molar-refractivity contribution is -0.137. The van der Waals surface area contributed by atoms with Gasteiger partial charge < -0.3 is 10.1 Å². The van der Waals surface area contributed by atoms with E-state index in [9.17, 15) is 13.2 Å². The third kappa shape index (κ3) is 4.80. The highest BCUT2D eigenvalue weighted by atomic mass is 32.1. The molecule has 1 aliphatic heterocycles. The number of unbranched alkanes of at least 4 members (excludes halogenated alkanes) is 1. The second kappa shape index (κ2) is 8.01. The van der Waals surface area contributed by atoms with Gasteiger partial charge in [-0.3, -0.25) is 4.90 Å². The summed E-state index contributed by atoms with van der Waals surface area (Å²) in [5.41, 5.74) is 0.181. The van der Waals surface area contributed by atoms with Gasteiger partial charge in [0.1, 0.15) is 16.7 Å². The Morgan fingerprint density at radius 1 is 1.23 bits per heavy atom. The van der Waals surface area contributed by atoms with Crippen molar-refractivity contribution in [3.05, 3.63) is 11.3 Å². The second-order valence-electron chi connectivity index (χ2n) is 6.54. The number of thiazole rings is 1. The summed E-state index contributed by atoms with van der Waals surface area (Å²) in [4.78, 5) is 14.2. The minimum absolute atomic E-state index is 0.181. The van der Waals surface area contributed by atoms with Crippen LogP contribution in [-0.4, -0.2) is 58.2 Å². The molecule has 6 nitrogen and oxygen atoms in total. The molecular formula is C16H22F3N5OS. The fourth-order valence-corrected chi connectivity index (χ4v) is 3.91. The van der Waals surface area contributed by atoms with E-state index in [0.717, 1.165) is 32.5 Å². The highest BCUT2D eigenvalue weighted by molar-refractivity contribution is 7.18. The maximum Gasteiger partial charge on any atom is 0.443 e. The quantitative estimate of drug-likeness (QED) is 0.764. The SMILES string of the molecule is CC1CN(CCCCNc2ncnc3sc(C(F)(F)F)nc23)CC(C)O1. The number of fused-ring (bicyclic) bond motifs is 1. The van der Waals surface area contributed by atoms with Gasteiger partial charge in [0.25, 0.3) is 0 Å². The third-order valence-corrected chi connectivity index (χ3v) is 5.13. The van der Waals surface area contributed by atoms with Crippen molar-refractivity contribution >= 4 is 27.5 Å². The van der Waals surface area contributed by atoms with Crippen molar-refractivity contribution in [3.8, 4) is 0 Å². The molecule has 1 saturated heterocycles. The van der Waals surface area contributed by atoms with Gasteiger partial charge in [-0.25, -0.2) is 15.0 Å². The monoisotopic (exact) mass is 389 g/mol. The number of hydrogen-bond donors (Lipinski definition) is 1. The average Bonchev–Trinajstić information content (AvgIpc) is 2.99. The van der Waals surface area contributed by atoms with Gasteiger partial charge in [0, 0.05) is 19.6 Å². The van der Waals surface area contributed by atoms with Gasteiger partial charge in [0.2, 0.25) is 5.01 Å². The number of ether oxygens (including phenoxy) is 1. The maximum absolute atomic E-state index is 12.8. The summed E-state index contributed by atoms with van der Waals surface area (Å²) >= 11 is 0.535. The highest BCUT2D eigenvalue weighted by Crippen LogP contribution is 2.35. The van der Waals surface area contributed by atoms with Gasteiger partial charge in [-0.2, -0.15) is 13.2 Å². The number of anilines is 1. The van der Waals surface area contributed by atoms with Gasteiger partial charge in [-0.1, -0.05) is 11.3 Å². The Balaban J connectivity index is 1.50. The van der Waals surface area contributed by atoms with Gasteiger partial charge in [0.05, 0.1) is 12.2 Å². The lowest BCUT2D eigenvalue weighted by Crippen LogP contribution is -2.45. The fourth-order valence-electron chi connectivity index (χ4n) is 3.14. The Morgan fingerprint density at radius 2 is 1.96 bits per heavy atom. The van der Waals surface area contributed by atoms with Gasteiger partial charge in [-0.05, 0) is 33.2 Å². The molecule has 3 rings (SSSR count). The Bertz CT molecular complexity index is 728. The molecule has 2 unspecified atom stereocenters. The van der Waals surface area contributed by atoms with Crippen LogP contribution < -0.4 is 5.32 Å². The minimum Gasteiger partial charge on any atom is -0.373 e. The van der Waals surface area contributed by atoms with Crippen LogP contribution in [0.3, 0.4) is 0 Å². The van der Waals surface area contributed by atoms with Crippen molar-refractivity contribution in [2.75, 3.05) is 31.5 Å². The number of halogens is 3. The first kappa shape index (κ1) is 19.2. The zero-order chi connectivity index (χ0) is 18.7. The molecule has 1 fully saturated rings. The van der Waals surface area contributed by atoms with Crippen molar-refractivity contribution in [1.82, 2.24) is 19.9 Å². The Morgan fingerprint density at radius 3 is 2.65 bits per heavy atom. The Labute approximate surface area is 153 Å². The van der Waals surface area contributed by atoms with Crippen LogP contribution in [-0.2, 0) is 10.9 Å². The summed E-state index contributed by atoms with van der Waals surface area (Å²) in [5.74, 6) is 0.357. The average molecular weight is 389 g/mol. The molecule has 1 N–H and O–H groups in total. The molecular weight excluding hydrogens is 367 g/mol. The summed E-state index contributed by atoms with van der Waals surface area (Å²) < 4.78 is 44.1. The fraction of sp³-hybridized carbons (Fsp3) is 0.688. The summed E-state index contributed by atoms with van der Waals surface area (Å²) in [5, 5.41) is 2.19. The molecule has 0 spiro atoms. The van der Waals surface area contributed by atoms with Gasteiger partial charge in [0.15, 0.2) is 5.82 Å². The van der Waals surface area contributed by atoms with Crippen molar-refractivity contribution in [2.45, 2.75) is 45.1 Å². The first-order chi connectivity index (χ1) is 12.3. The van der Waals surface area contributed by atoms with Crippen LogP contribution in [0.15, 0.2) is 6.33 Å². The van der Waals surface area contributed by atoms with E-state index in [1.807, 2.05) is 0 Å². The van der Waals surface area contributed by atoms with Crippen LogP contribution in [0.1, 0.15) is 31.7 Å². The predicted octanol–water partition coefficient (Wildman–Crippen LogP) is 3.41. The molecule has 0 radical (unpaired) electrons. The van der Waals surface area contributed by atoms with Crippen LogP contribution in [0, 0.1) is 0 Å². The van der Waals surface area contributed by atoms with Gasteiger partial charge in [-0.15, -0.1) is 0 Å². The molecule has 0 amide bonds. The molecule has 144 valence electrons. The largest absolute Gasteiger partial charge is 0.443 e. The van der Waals surface area contributed by atoms with Gasteiger partial charge >= 0.3 is 6.18 Å². The van der Waals surface area contributed by atoms with Crippen LogP contribution in [0.4, 0.5) is 19.0 Å². The number of hydrogen-bond acceptors (Lipinski definition) is 7. The van der Waals surface area contributed by atoms with E-state index in [1.54, 1.807) is 0 Å². The zero-order valence-electron chi connectivity index (χ0n) is 14.7. The number of aromatic nitrogens is 3. The Hall–Kier alpha value is -1.52. The maximum atomic E-state index is 12.8. The standard InChI is InChI=1S/C16H22F3N5OS/c1-10-7-24(8-11(2)25-10)6-4-3-5-20-13-12-14(22-9-21-13)26-15(23-12)16(17,18)19/h9-11H,3-8H2,1-2H3,(H,20,21,22). The predicted molar refractivity (Wildman–Crippen MR) is 94.4 cm³/mol. The van der Waals surface area contributed by atoms with Crippen LogP contribution in [0.2, 0.25) is 0 Å². The van der Waals surface area contributed by atoms with E-state index in [4.69, 9.17) is 4.74 Å². The lowest BCUT2D eigenvalue weighted by Gasteiger charge is -2.35. The van der Waals surface area contributed by atoms with Crippen molar-refractivity contribution in [1.29, 1.82) is 0 Å². The number of rotatable bonds is 6. The van der Waals surface area contributed by atoms with Crippen LogP contribution in [0.25, 0.3) is 10.3 Å². The third-order valence-electron chi connectivity index (χ3n) is 4.13. The topological polar surface area (TPSA) is 63.2 Å². The highest BCUT2D eigenvalue weighted by Gasteiger charge is 2.35. The smallest absolute Gasteiger partial charge is 0.373 e. The number of nitrogens with one attached hydrogen (secondary N) is 1. The van der Waals surface area contributed by atoms with Crippen molar-refractivity contribution in [2.24, 2.45) is 0 Å². The first-order valence-corrected chi connectivity index (χ1v) is 9.45. The molecule has 2 aromatic heterocycles. The molecule has 2 atom stereocenters. The normalized spacial score (nSPS) is 22.0. The van der Waals surface area contributed by atoms with E-state index in [2.05, 4.69) is 39.0 Å². The van der Waals surface area contributed by atoms with E-state index >= 15 is 0 Å². The Kier molecular flexibility index (Phi) is 5.93. The summed E-state index contributed by atoms with van der Waals surface area (Å²) in [6, 6.07) is 0. The lowest BCUT2D eigenvalue weighted by atomic mass is 10.2. The number of morpholine rings is 1. The molecule has 26 heavy (non-hydrogen) atoms. The molecule has 3 heterocycles. The van der Waals surface area contributed by atoms with E-state index < -0.39 is 11.2 Å². The molecule has 1 aliphatic rings. The van der Waals surface area contributed by atoms with Crippen LogP contribution in [0.5, 0.6) is 0 Å². The number of alkyl halides is 3. The minimum atomic E-state index is -4.46.